The smallest absolute Gasteiger partial charge is 0.134 e. The second kappa shape index (κ2) is 9.45. The Hall–Kier alpha value is -1.10. The van der Waals surface area contributed by atoms with Gasteiger partial charge in [0, 0.05) is 12.8 Å². The van der Waals surface area contributed by atoms with E-state index < -0.39 is 0 Å². The van der Waals surface area contributed by atoms with Crippen molar-refractivity contribution in [3.8, 4) is 6.07 Å². The van der Waals surface area contributed by atoms with Crippen LogP contribution in [0.15, 0.2) is 12.7 Å². The van der Waals surface area contributed by atoms with Gasteiger partial charge in [-0.2, -0.15) is 5.26 Å². The van der Waals surface area contributed by atoms with E-state index in [4.69, 9.17) is 5.26 Å². The molecule has 0 aromatic rings. The highest BCUT2D eigenvalue weighted by Crippen LogP contribution is 2.12. The number of Topliss-reactive ketones (excluding diaryl/α,β-unsaturated/α-hetero) is 1. The first kappa shape index (κ1) is 13.9. The number of hydrogen-bond donors (Lipinski definition) is 0. The predicted octanol–water partition coefficient (Wildman–Crippen LogP) is 3.63. The fourth-order valence-corrected chi connectivity index (χ4v) is 1.51. The molecule has 0 radical (unpaired) electrons. The molecule has 0 aliphatic rings. The molecule has 84 valence electrons. The fraction of sp³-hybridized carbons (Fsp3) is 0.692. The normalized spacial score (nSPS) is 11.7. The van der Waals surface area contributed by atoms with E-state index in [2.05, 4.69) is 19.6 Å². The zero-order valence-electron chi connectivity index (χ0n) is 9.67. The molecule has 0 N–H and O–H groups in total. The molecule has 0 spiro atoms. The van der Waals surface area contributed by atoms with Crippen LogP contribution in [-0.2, 0) is 4.79 Å². The number of carbonyl (C=O) groups is 1. The summed E-state index contributed by atoms with van der Waals surface area (Å²) in [6.45, 7) is 5.73. The van der Waals surface area contributed by atoms with Crippen molar-refractivity contribution in [3.63, 3.8) is 0 Å². The van der Waals surface area contributed by atoms with Gasteiger partial charge in [-0.1, -0.05) is 32.3 Å². The monoisotopic (exact) mass is 207 g/mol. The van der Waals surface area contributed by atoms with E-state index in [1.54, 1.807) is 6.08 Å². The summed E-state index contributed by atoms with van der Waals surface area (Å²) in [6, 6.07) is 2.14. The maximum Gasteiger partial charge on any atom is 0.134 e. The van der Waals surface area contributed by atoms with Gasteiger partial charge in [0.25, 0.3) is 0 Å². The van der Waals surface area contributed by atoms with E-state index in [1.807, 2.05) is 0 Å². The lowest BCUT2D eigenvalue weighted by Crippen LogP contribution is -2.06. The molecule has 15 heavy (non-hydrogen) atoms. The van der Waals surface area contributed by atoms with Crippen LogP contribution in [-0.4, -0.2) is 5.78 Å². The molecule has 0 bridgehead atoms. The van der Waals surface area contributed by atoms with Gasteiger partial charge < -0.3 is 0 Å². The number of allylic oxidation sites excluding steroid dienone is 1. The van der Waals surface area contributed by atoms with E-state index >= 15 is 0 Å². The van der Waals surface area contributed by atoms with Crippen LogP contribution in [0.2, 0.25) is 0 Å². The molecule has 0 aliphatic carbocycles. The number of nitrogens with zero attached hydrogens (tertiary/aromatic N) is 1. The second-order valence-electron chi connectivity index (χ2n) is 3.90. The quantitative estimate of drug-likeness (QED) is 0.428. The van der Waals surface area contributed by atoms with Crippen LogP contribution in [0.5, 0.6) is 0 Å². The first-order chi connectivity index (χ1) is 7.24. The molecule has 0 saturated carbocycles. The van der Waals surface area contributed by atoms with Gasteiger partial charge in [0.2, 0.25) is 0 Å². The SMILES string of the molecule is C=CCC(C#N)CC(=O)CCCCCC. The molecule has 0 fully saturated rings. The fourth-order valence-electron chi connectivity index (χ4n) is 1.51. The van der Waals surface area contributed by atoms with E-state index in [9.17, 15) is 4.79 Å². The highest BCUT2D eigenvalue weighted by Gasteiger charge is 2.11. The lowest BCUT2D eigenvalue weighted by atomic mass is 9.97. The molecule has 0 aromatic heterocycles. The summed E-state index contributed by atoms with van der Waals surface area (Å²) in [6.07, 6.45) is 7.84. The van der Waals surface area contributed by atoms with Crippen LogP contribution in [0.25, 0.3) is 0 Å². The van der Waals surface area contributed by atoms with Gasteiger partial charge in [0.15, 0.2) is 0 Å². The van der Waals surface area contributed by atoms with Crippen LogP contribution in [0.1, 0.15) is 51.9 Å². The number of carbonyl (C=O) groups excluding carboxylic acids is 1. The molecule has 2 heteroatoms. The molecule has 0 heterocycles. The lowest BCUT2D eigenvalue weighted by Gasteiger charge is -2.04. The molecule has 0 amide bonds. The van der Waals surface area contributed by atoms with Crippen LogP contribution >= 0.6 is 0 Å². The van der Waals surface area contributed by atoms with Crippen molar-refractivity contribution >= 4 is 5.78 Å². The molecular weight excluding hydrogens is 186 g/mol. The third-order valence-electron chi connectivity index (χ3n) is 2.42. The van der Waals surface area contributed by atoms with Gasteiger partial charge >= 0.3 is 0 Å². The predicted molar refractivity (Wildman–Crippen MR) is 62.3 cm³/mol. The lowest BCUT2D eigenvalue weighted by molar-refractivity contribution is -0.119. The van der Waals surface area contributed by atoms with Gasteiger partial charge in [0.05, 0.1) is 12.0 Å². The van der Waals surface area contributed by atoms with Crippen LogP contribution in [0.4, 0.5) is 0 Å². The molecule has 0 rings (SSSR count). The molecule has 0 aliphatic heterocycles. The minimum atomic E-state index is -0.166. The van der Waals surface area contributed by atoms with Crippen molar-refractivity contribution in [3.05, 3.63) is 12.7 Å². The molecule has 1 unspecified atom stereocenters. The minimum Gasteiger partial charge on any atom is -0.300 e. The number of rotatable bonds is 9. The first-order valence-corrected chi connectivity index (χ1v) is 5.76. The number of unbranched alkanes of at least 4 members (excludes halogenated alkanes) is 3. The number of ketones is 1. The van der Waals surface area contributed by atoms with Crippen LogP contribution in [0, 0.1) is 17.2 Å². The van der Waals surface area contributed by atoms with Crippen molar-refractivity contribution in [2.24, 2.45) is 5.92 Å². The summed E-state index contributed by atoms with van der Waals surface area (Å²) in [7, 11) is 0. The summed E-state index contributed by atoms with van der Waals surface area (Å²) in [5.41, 5.74) is 0. The summed E-state index contributed by atoms with van der Waals surface area (Å²) >= 11 is 0. The minimum absolute atomic E-state index is 0.166. The Morgan fingerprint density at radius 1 is 1.47 bits per heavy atom. The number of nitriles is 1. The summed E-state index contributed by atoms with van der Waals surface area (Å²) in [5, 5.41) is 8.77. The average Bonchev–Trinajstić information content (AvgIpc) is 2.24. The van der Waals surface area contributed by atoms with Gasteiger partial charge in [-0.05, 0) is 12.8 Å². The van der Waals surface area contributed by atoms with Crippen molar-refractivity contribution in [1.29, 1.82) is 5.26 Å². The molecule has 0 saturated heterocycles. The standard InChI is InChI=1S/C13H21NO/c1-3-5-6-7-9-13(15)10-12(11-14)8-4-2/h4,12H,2-3,5-10H2,1H3. The summed E-state index contributed by atoms with van der Waals surface area (Å²) in [4.78, 5) is 11.5. The molecule has 2 nitrogen and oxygen atoms in total. The highest BCUT2D eigenvalue weighted by molar-refractivity contribution is 5.78. The number of hydrogen-bond acceptors (Lipinski definition) is 2. The maximum absolute atomic E-state index is 11.5. The van der Waals surface area contributed by atoms with E-state index in [0.717, 1.165) is 12.8 Å². The third-order valence-corrected chi connectivity index (χ3v) is 2.42. The Kier molecular flexibility index (Phi) is 8.76. The van der Waals surface area contributed by atoms with Crippen molar-refractivity contribution in [1.82, 2.24) is 0 Å². The van der Waals surface area contributed by atoms with E-state index in [-0.39, 0.29) is 11.7 Å². The van der Waals surface area contributed by atoms with Crippen molar-refractivity contribution in [2.45, 2.75) is 51.9 Å². The van der Waals surface area contributed by atoms with Crippen molar-refractivity contribution in [2.75, 3.05) is 0 Å². The summed E-state index contributed by atoms with van der Waals surface area (Å²) in [5.74, 6) is 0.0562. The zero-order valence-corrected chi connectivity index (χ0v) is 9.67. The van der Waals surface area contributed by atoms with Gasteiger partial charge in [0.1, 0.15) is 5.78 Å². The summed E-state index contributed by atoms with van der Waals surface area (Å²) < 4.78 is 0. The van der Waals surface area contributed by atoms with E-state index in [1.165, 1.54) is 12.8 Å². The largest absolute Gasteiger partial charge is 0.300 e. The first-order valence-electron chi connectivity index (χ1n) is 5.76. The zero-order chi connectivity index (χ0) is 11.5. The molecule has 0 aromatic carbocycles. The van der Waals surface area contributed by atoms with Gasteiger partial charge in [-0.25, -0.2) is 0 Å². The Bertz CT molecular complexity index is 227. The van der Waals surface area contributed by atoms with Crippen LogP contribution in [0.3, 0.4) is 0 Å². The Morgan fingerprint density at radius 3 is 2.73 bits per heavy atom. The Morgan fingerprint density at radius 2 is 2.20 bits per heavy atom. The third kappa shape index (κ3) is 7.93. The van der Waals surface area contributed by atoms with Gasteiger partial charge in [-0.15, -0.1) is 6.58 Å². The highest BCUT2D eigenvalue weighted by atomic mass is 16.1. The van der Waals surface area contributed by atoms with E-state index in [0.29, 0.717) is 19.3 Å². The maximum atomic E-state index is 11.5. The second-order valence-corrected chi connectivity index (χ2v) is 3.90. The Balaban J connectivity index is 3.63. The average molecular weight is 207 g/mol. The van der Waals surface area contributed by atoms with Crippen LogP contribution < -0.4 is 0 Å². The topological polar surface area (TPSA) is 40.9 Å². The Labute approximate surface area is 93.0 Å². The molecular formula is C13H21NO. The molecule has 1 atom stereocenters. The van der Waals surface area contributed by atoms with Gasteiger partial charge in [-0.3, -0.25) is 4.79 Å². The van der Waals surface area contributed by atoms with Crippen molar-refractivity contribution < 1.29 is 4.79 Å².